The predicted molar refractivity (Wildman–Crippen MR) is 73.5 cm³/mol. The van der Waals surface area contributed by atoms with Crippen LogP contribution in [0.1, 0.15) is 37.7 Å². The molecule has 0 atom stereocenters. The van der Waals surface area contributed by atoms with E-state index in [9.17, 15) is 4.39 Å². The largest absolute Gasteiger partial charge is 0.493 e. The maximum atomic E-state index is 14.3. The van der Waals surface area contributed by atoms with Gasteiger partial charge in [0.1, 0.15) is 0 Å². The maximum absolute atomic E-state index is 14.3. The standard InChI is InChI=1S/C14H19ClFNO2/c1-18-12-9(14(17)6-4-3-5-7-14)8-10(15)13(19-2)11(12)16/h8H,3-7,17H2,1-2H3. The summed E-state index contributed by atoms with van der Waals surface area (Å²) in [5.74, 6) is -0.435. The van der Waals surface area contributed by atoms with E-state index in [2.05, 4.69) is 0 Å². The van der Waals surface area contributed by atoms with Crippen molar-refractivity contribution in [3.63, 3.8) is 0 Å². The molecule has 0 unspecified atom stereocenters. The Hall–Kier alpha value is -1.00. The Labute approximate surface area is 117 Å². The molecular weight excluding hydrogens is 269 g/mol. The second-order valence-electron chi connectivity index (χ2n) is 5.00. The van der Waals surface area contributed by atoms with Crippen LogP contribution in [-0.2, 0) is 5.54 Å². The number of rotatable bonds is 3. The molecule has 3 nitrogen and oxygen atoms in total. The van der Waals surface area contributed by atoms with Crippen LogP contribution < -0.4 is 15.2 Å². The molecule has 2 rings (SSSR count). The molecule has 0 heterocycles. The molecule has 1 saturated carbocycles. The van der Waals surface area contributed by atoms with E-state index in [1.54, 1.807) is 6.07 Å². The number of hydrogen-bond acceptors (Lipinski definition) is 3. The SMILES string of the molecule is COc1c(Cl)cc(C2(N)CCCCC2)c(OC)c1F. The third-order valence-electron chi connectivity index (χ3n) is 3.82. The Morgan fingerprint density at radius 3 is 2.26 bits per heavy atom. The summed E-state index contributed by atoms with van der Waals surface area (Å²) in [6, 6.07) is 1.67. The van der Waals surface area contributed by atoms with E-state index in [0.29, 0.717) is 5.56 Å². The van der Waals surface area contributed by atoms with Crippen LogP contribution in [0.4, 0.5) is 4.39 Å². The number of nitrogens with two attached hydrogens (primary N) is 1. The molecule has 19 heavy (non-hydrogen) atoms. The van der Waals surface area contributed by atoms with Gasteiger partial charge >= 0.3 is 0 Å². The zero-order valence-corrected chi connectivity index (χ0v) is 12.0. The molecular formula is C14H19ClFNO2. The van der Waals surface area contributed by atoms with Crippen LogP contribution in [0.15, 0.2) is 6.07 Å². The van der Waals surface area contributed by atoms with Crippen LogP contribution in [0.3, 0.4) is 0 Å². The molecule has 0 bridgehead atoms. The smallest absolute Gasteiger partial charge is 0.208 e. The van der Waals surface area contributed by atoms with Crippen LogP contribution >= 0.6 is 11.6 Å². The molecule has 1 aliphatic rings. The first kappa shape index (κ1) is 14.4. The van der Waals surface area contributed by atoms with Crippen LogP contribution in [0.5, 0.6) is 11.5 Å². The monoisotopic (exact) mass is 287 g/mol. The molecule has 1 fully saturated rings. The van der Waals surface area contributed by atoms with E-state index in [0.717, 1.165) is 32.1 Å². The van der Waals surface area contributed by atoms with E-state index in [1.807, 2.05) is 0 Å². The molecule has 1 aromatic carbocycles. The van der Waals surface area contributed by atoms with Crippen molar-refractivity contribution in [2.75, 3.05) is 14.2 Å². The third kappa shape index (κ3) is 2.51. The first-order valence-corrected chi connectivity index (χ1v) is 6.80. The van der Waals surface area contributed by atoms with Gasteiger partial charge in [-0.2, -0.15) is 4.39 Å². The highest BCUT2D eigenvalue weighted by Gasteiger charge is 2.35. The van der Waals surface area contributed by atoms with Crippen molar-refractivity contribution in [3.05, 3.63) is 22.5 Å². The molecule has 0 radical (unpaired) electrons. The zero-order valence-electron chi connectivity index (χ0n) is 11.3. The van der Waals surface area contributed by atoms with Crippen molar-refractivity contribution in [2.45, 2.75) is 37.6 Å². The average Bonchev–Trinajstić information content (AvgIpc) is 2.39. The highest BCUT2D eigenvalue weighted by Crippen LogP contribution is 2.45. The number of benzene rings is 1. The molecule has 0 aliphatic heterocycles. The lowest BCUT2D eigenvalue weighted by molar-refractivity contribution is 0.280. The maximum Gasteiger partial charge on any atom is 0.208 e. The van der Waals surface area contributed by atoms with Gasteiger partial charge in [-0.3, -0.25) is 0 Å². The summed E-state index contributed by atoms with van der Waals surface area (Å²) in [6.45, 7) is 0. The topological polar surface area (TPSA) is 44.5 Å². The fourth-order valence-corrected chi connectivity index (χ4v) is 3.06. The molecule has 106 valence electrons. The summed E-state index contributed by atoms with van der Waals surface area (Å²) in [6.07, 6.45) is 4.85. The molecule has 2 N–H and O–H groups in total. The summed E-state index contributed by atoms with van der Waals surface area (Å²) in [4.78, 5) is 0. The second-order valence-corrected chi connectivity index (χ2v) is 5.41. The molecule has 0 saturated heterocycles. The van der Waals surface area contributed by atoms with E-state index in [-0.39, 0.29) is 16.5 Å². The van der Waals surface area contributed by atoms with E-state index in [4.69, 9.17) is 26.8 Å². The molecule has 1 aromatic rings. The third-order valence-corrected chi connectivity index (χ3v) is 4.10. The van der Waals surface area contributed by atoms with Crippen molar-refractivity contribution in [3.8, 4) is 11.5 Å². The highest BCUT2D eigenvalue weighted by molar-refractivity contribution is 6.32. The zero-order chi connectivity index (χ0) is 14.0. The molecule has 0 spiro atoms. The Bertz CT molecular complexity index is 473. The van der Waals surface area contributed by atoms with Gasteiger partial charge in [-0.25, -0.2) is 0 Å². The minimum atomic E-state index is -0.581. The lowest BCUT2D eigenvalue weighted by atomic mass is 9.77. The van der Waals surface area contributed by atoms with Crippen molar-refractivity contribution >= 4 is 11.6 Å². The minimum Gasteiger partial charge on any atom is -0.493 e. The van der Waals surface area contributed by atoms with Crippen LogP contribution in [-0.4, -0.2) is 14.2 Å². The number of ether oxygens (including phenoxy) is 2. The summed E-state index contributed by atoms with van der Waals surface area (Å²) in [5.41, 5.74) is 6.51. The molecule has 0 aromatic heterocycles. The predicted octanol–water partition coefficient (Wildman–Crippen LogP) is 3.61. The van der Waals surface area contributed by atoms with E-state index in [1.165, 1.54) is 14.2 Å². The van der Waals surface area contributed by atoms with Crippen LogP contribution in [0, 0.1) is 5.82 Å². The van der Waals surface area contributed by atoms with Crippen molar-refractivity contribution in [1.29, 1.82) is 0 Å². The Balaban J connectivity index is 2.56. The summed E-state index contributed by atoms with van der Waals surface area (Å²) in [5, 5.41) is 0.228. The van der Waals surface area contributed by atoms with Crippen molar-refractivity contribution in [1.82, 2.24) is 0 Å². The van der Waals surface area contributed by atoms with Gasteiger partial charge in [0.2, 0.25) is 5.82 Å². The highest BCUT2D eigenvalue weighted by atomic mass is 35.5. The van der Waals surface area contributed by atoms with E-state index < -0.39 is 11.4 Å². The first-order chi connectivity index (χ1) is 9.03. The normalized spacial score (nSPS) is 18.2. The fourth-order valence-electron chi connectivity index (χ4n) is 2.79. The van der Waals surface area contributed by atoms with Gasteiger partial charge in [-0.15, -0.1) is 0 Å². The number of halogens is 2. The van der Waals surface area contributed by atoms with Gasteiger partial charge in [0.25, 0.3) is 0 Å². The Kier molecular flexibility index (Phi) is 4.21. The Morgan fingerprint density at radius 2 is 1.74 bits per heavy atom. The average molecular weight is 288 g/mol. The first-order valence-electron chi connectivity index (χ1n) is 6.43. The van der Waals surface area contributed by atoms with E-state index >= 15 is 0 Å². The van der Waals surface area contributed by atoms with Gasteiger partial charge < -0.3 is 15.2 Å². The van der Waals surface area contributed by atoms with Gasteiger partial charge in [0, 0.05) is 11.1 Å². The van der Waals surface area contributed by atoms with Crippen LogP contribution in [0.2, 0.25) is 5.02 Å². The summed E-state index contributed by atoms with van der Waals surface area (Å²) in [7, 11) is 2.81. The second kappa shape index (κ2) is 5.55. The summed E-state index contributed by atoms with van der Waals surface area (Å²) < 4.78 is 24.5. The minimum absolute atomic E-state index is 0.00155. The molecule has 5 heteroatoms. The van der Waals surface area contributed by atoms with Crippen LogP contribution in [0.25, 0.3) is 0 Å². The van der Waals surface area contributed by atoms with Gasteiger partial charge in [-0.1, -0.05) is 30.9 Å². The van der Waals surface area contributed by atoms with Gasteiger partial charge in [0.15, 0.2) is 11.5 Å². The number of hydrogen-bond donors (Lipinski definition) is 1. The lowest BCUT2D eigenvalue weighted by Gasteiger charge is -2.35. The quantitative estimate of drug-likeness (QED) is 0.923. The molecule has 0 amide bonds. The number of methoxy groups -OCH3 is 2. The molecule has 1 aliphatic carbocycles. The van der Waals surface area contributed by atoms with Crippen molar-refractivity contribution < 1.29 is 13.9 Å². The fraction of sp³-hybridized carbons (Fsp3) is 0.571. The van der Waals surface area contributed by atoms with Gasteiger partial charge in [0.05, 0.1) is 19.2 Å². The lowest BCUT2D eigenvalue weighted by Crippen LogP contribution is -2.39. The van der Waals surface area contributed by atoms with Crippen molar-refractivity contribution in [2.24, 2.45) is 5.73 Å². The summed E-state index contributed by atoms with van der Waals surface area (Å²) >= 11 is 6.07. The Morgan fingerprint density at radius 1 is 1.16 bits per heavy atom. The van der Waals surface area contributed by atoms with Gasteiger partial charge in [-0.05, 0) is 18.9 Å².